The fraction of sp³-hybridized carbons (Fsp3) is 0.341. The molecule has 0 unspecified atom stereocenters. The number of alkyl halides is 2. The molecule has 13 rings (SSSR count). The number of rotatable bonds is 15. The van der Waals surface area contributed by atoms with Gasteiger partial charge in [0.25, 0.3) is 11.1 Å². The maximum atomic E-state index is 12.9. The van der Waals surface area contributed by atoms with Crippen LogP contribution in [0.1, 0.15) is 121 Å². The first-order valence-corrected chi connectivity index (χ1v) is 43.3. The van der Waals surface area contributed by atoms with Crippen molar-refractivity contribution in [2.45, 2.75) is 124 Å². The average molecular weight is 2460 g/mol. The number of ether oxygens (including phenoxy) is 7. The molecule has 2 aliphatic rings. The van der Waals surface area contributed by atoms with Crippen LogP contribution >= 0.6 is 184 Å². The Kier molecular flexibility index (Phi) is 83.4. The molecule has 37 nitrogen and oxygen atoms in total. The molecule has 0 radical (unpaired) electrons. The van der Waals surface area contributed by atoms with E-state index >= 15 is 0 Å². The van der Waals surface area contributed by atoms with Crippen molar-refractivity contribution in [2.24, 2.45) is 5.73 Å². The van der Waals surface area contributed by atoms with E-state index in [9.17, 15) is 28.8 Å². The Morgan fingerprint density at radius 3 is 1.24 bits per heavy atom. The van der Waals surface area contributed by atoms with Crippen LogP contribution in [0.5, 0.6) is 40.2 Å². The number of aromatic nitrogens is 14. The third-order valence-electron chi connectivity index (χ3n) is 15.0. The van der Waals surface area contributed by atoms with Crippen molar-refractivity contribution in [1.82, 2.24) is 69.8 Å². The van der Waals surface area contributed by atoms with E-state index in [1.807, 2.05) is 41.2 Å². The second-order valence-corrected chi connectivity index (χ2v) is 31.2. The minimum Gasteiger partial charge on any atom is -1.00 e. The first kappa shape index (κ1) is 148. The molecule has 0 fully saturated rings. The normalized spacial score (nSPS) is 10.3. The summed E-state index contributed by atoms with van der Waals surface area (Å²) < 4.78 is 61.8. The van der Waals surface area contributed by atoms with Gasteiger partial charge in [0.1, 0.15) is 77.4 Å². The van der Waals surface area contributed by atoms with E-state index < -0.39 is 25.2 Å². The molecule has 137 heavy (non-hydrogen) atoms. The molecule has 0 atom stereocenters. The number of halogens is 16. The molecular weight excluding hydrogens is 2340 g/mol. The van der Waals surface area contributed by atoms with Gasteiger partial charge in [-0.05, 0) is 89.7 Å². The number of hydrogen-bond donors (Lipinski definition) is 8. The van der Waals surface area contributed by atoms with Gasteiger partial charge < -0.3 is 89.0 Å². The molecule has 9 heterocycles. The predicted molar refractivity (Wildman–Crippen MR) is 567 cm³/mol. The quantitative estimate of drug-likeness (QED) is 0.00898. The molecule has 4 aromatic carbocycles. The van der Waals surface area contributed by atoms with Gasteiger partial charge in [-0.1, -0.05) is 161 Å². The van der Waals surface area contributed by atoms with E-state index in [-0.39, 0.29) is 211 Å². The average Bonchev–Trinajstić information content (AvgIpc) is 0.758. The summed E-state index contributed by atoms with van der Waals surface area (Å²) in [6.07, 6.45) is 10.4. The third kappa shape index (κ3) is 50.8. The van der Waals surface area contributed by atoms with E-state index in [0.29, 0.717) is 104 Å². The molecular formula is C82H116Cl14I2N21NaO16S. The van der Waals surface area contributed by atoms with Crippen LogP contribution in [0.25, 0.3) is 0 Å². The van der Waals surface area contributed by atoms with Crippen molar-refractivity contribution >= 4 is 239 Å². The smallest absolute Gasteiger partial charge is 1.00 e. The number of fused-ring (bicyclic) bond motifs is 2. The number of aliphatic hydroxyl groups is 1. The molecule has 0 bridgehead atoms. The first-order chi connectivity index (χ1) is 59.7. The number of benzene rings is 4. The minimum atomic E-state index is -3.72. The summed E-state index contributed by atoms with van der Waals surface area (Å²) in [5, 5.41) is 13.8. The number of nitrogens with one attached hydrogen (secondary N) is 5. The van der Waals surface area contributed by atoms with Crippen molar-refractivity contribution in [2.75, 3.05) is 102 Å². The summed E-state index contributed by atoms with van der Waals surface area (Å²) in [6.45, 7) is 4.88. The Labute approximate surface area is 924 Å². The Hall–Kier alpha value is -7.23. The predicted octanol–water partition coefficient (Wildman–Crippen LogP) is 16.1. The summed E-state index contributed by atoms with van der Waals surface area (Å²) in [5.41, 5.74) is 15.7. The maximum absolute atomic E-state index is 12.9. The number of nitrogens with zero attached hydrogens (tertiary/aromatic N) is 14. The third-order valence-corrected chi connectivity index (χ3v) is 18.7. The second-order valence-electron chi connectivity index (χ2n) is 23.0. The minimum absolute atomic E-state index is 0. The van der Waals surface area contributed by atoms with Gasteiger partial charge >= 0.3 is 61.3 Å². The summed E-state index contributed by atoms with van der Waals surface area (Å²) in [7, 11) is 20.4. The molecule has 55 heteroatoms. The number of aromatic amines is 4. The van der Waals surface area contributed by atoms with Gasteiger partial charge in [0.15, 0.2) is 0 Å². The molecule has 764 valence electrons. The monoisotopic (exact) mass is 2450 g/mol. The summed E-state index contributed by atoms with van der Waals surface area (Å²) >= 11 is 66.0. The number of nitrogens with two attached hydrogens (primary N) is 2. The fourth-order valence-corrected chi connectivity index (χ4v) is 12.5. The second kappa shape index (κ2) is 77.4. The molecule has 0 saturated carbocycles. The Morgan fingerprint density at radius 1 is 0.526 bits per heavy atom. The number of methoxy groups -OCH3 is 7. The van der Waals surface area contributed by atoms with Crippen LogP contribution < -0.4 is 146 Å². The molecule has 7 aromatic heterocycles. The summed E-state index contributed by atoms with van der Waals surface area (Å²) in [4.78, 5) is 120. The number of hydrogen-bond acceptors (Lipinski definition) is 29. The van der Waals surface area contributed by atoms with Crippen LogP contribution in [-0.4, -0.2) is 166 Å². The standard InChI is InChI=1S/C15H13Cl3N4O3.C15H15ClN4O3.C13H13Cl2N3O2.C8H11NO.C5H3Cl3N2.C5H3Cl2IN2.C5H6N2O3.C4H4N2O2.C2H6.CH5N.9CH4.Cl2O2S.ClH.HI.Na/c1-21-13-7(5-19-14(18)20-13)6-22(15(21)23)12-10(16)8(24-2)4-9(25-3)11(12)17;1-19-13-9(7-17-14(16)18-13)8-20(15(19)21)10-4-11(22-2)6-12(5-10)23-3;1-19-10-3-9(4-11(5-10)20-2)16-6-8-7-17-13(15)18-12(8)14;1-6-3-7(9)5-8(4-6)10-2;6-1-3-2-9-5(8)10-4(3)7;6-4-3(1-8)2-9-5(7)10-4;8-2-3-1-6-5(10)7-4(3)9;7-3-1-2-5-4(8)6-3;2*1-2;;;;;;;;;;1-5(2,3)4;;;/h4-5H,6H2,1-3H3;4-7H,8H2,1-3H3;3-5,7,16H,6H2,1-2H3;3-5H,9H2,1-2H3;2*2H,1H2;1,8H,2H2,(H2,6,7,9,10);1-2H,(H2,5,6,7,8);1-2H3;2H2,1H3;9*1H4;;2*1H;/q;;;;;;;;;;;;;;;;;;;;;;+1/p-1/i;;;;;;;;1D;;;;;;;;;;;;;;. The van der Waals surface area contributed by atoms with Crippen molar-refractivity contribution in [1.29, 1.82) is 0 Å². The topological polar surface area (TPSA) is 490 Å². The van der Waals surface area contributed by atoms with Gasteiger partial charge in [-0.25, -0.2) is 59.0 Å². The number of anilines is 6. The number of aliphatic hydroxyl groups excluding tert-OH is 1. The number of H-pyrrole nitrogens is 4. The van der Waals surface area contributed by atoms with E-state index in [0.717, 1.165) is 43.8 Å². The van der Waals surface area contributed by atoms with Crippen LogP contribution in [0.15, 0.2) is 129 Å². The largest absolute Gasteiger partial charge is 1.00 e. The summed E-state index contributed by atoms with van der Waals surface area (Å²) in [6, 6.07) is 18.6. The molecule has 2 aliphatic heterocycles. The Balaban J connectivity index is -0.000000170. The summed E-state index contributed by atoms with van der Waals surface area (Å²) in [5.74, 6) is 5.35. The van der Waals surface area contributed by atoms with Gasteiger partial charge in [-0.15, -0.1) is 24.0 Å². The first-order valence-electron chi connectivity index (χ1n) is 35.1. The van der Waals surface area contributed by atoms with Crippen molar-refractivity contribution in [3.63, 3.8) is 0 Å². The molecule has 0 spiro atoms. The van der Waals surface area contributed by atoms with Gasteiger partial charge in [0, 0.05) is 185 Å². The number of amides is 4. The van der Waals surface area contributed by atoms with Crippen molar-refractivity contribution in [3.05, 3.63) is 243 Å². The molecule has 11 aromatic rings. The molecule has 10 N–H and O–H groups in total. The van der Waals surface area contributed by atoms with Crippen LogP contribution in [0.4, 0.5) is 44.0 Å². The van der Waals surface area contributed by atoms with Crippen molar-refractivity contribution < 1.29 is 111 Å². The zero-order chi connectivity index (χ0) is 94.8. The number of urea groups is 2. The zero-order valence-electron chi connectivity index (χ0n) is 70.3. The van der Waals surface area contributed by atoms with Crippen LogP contribution in [-0.2, 0) is 44.8 Å². The zero-order valence-corrected chi connectivity index (χ0v) is 87.1. The number of carbonyl (C=O) groups excluding carboxylic acids is 2. The van der Waals surface area contributed by atoms with Gasteiger partial charge in [0.05, 0.1) is 92.3 Å². The van der Waals surface area contributed by atoms with Crippen LogP contribution in [0.2, 0.25) is 51.9 Å². The van der Waals surface area contributed by atoms with Crippen LogP contribution in [0, 0.1) is 6.92 Å². The van der Waals surface area contributed by atoms with Gasteiger partial charge in [-0.2, -0.15) is 18.4 Å². The van der Waals surface area contributed by atoms with E-state index in [2.05, 4.69) is 115 Å². The maximum Gasteiger partial charge on any atom is 1.00 e. The molecule has 0 saturated heterocycles. The van der Waals surface area contributed by atoms with E-state index in [1.54, 1.807) is 123 Å². The van der Waals surface area contributed by atoms with Crippen LogP contribution in [0.3, 0.4) is 0 Å². The molecule has 0 aliphatic carbocycles. The Morgan fingerprint density at radius 2 is 0.891 bits per heavy atom. The molecule has 4 amide bonds. The van der Waals surface area contributed by atoms with Gasteiger partial charge in [0.2, 0.25) is 26.4 Å². The number of carbonyl (C=O) groups is 2. The SMILES string of the molecule is C.C.C.C.C.C.C.C.C.CN.COc1cc(C)cc(N)c1.COc1cc(NCc2cnc(Cl)nc2Cl)cc(OC)c1.COc1cc(OC)c(Cl)c(N2Cc3cnc(Cl)nc3N(C)C2=O)c1Cl.COc1cc(OC)cc(N2Cc3cnc(Cl)nc3N(C)C2=O)c1.Cl.ClCc1cnc(Cl)nc1Cl.Clc1ncc(CI)c(Cl)n1.O=S(=O)(Cl)Cl.O=c1[nH]cc(CO)c(=O)[nH]1.O=c1cc[nH]c(=O)[nH]1.[2H]CC.[I-].[Na+]. The number of nitrogen functional groups attached to an aromatic ring is 1. The fourth-order valence-electron chi connectivity index (χ4n) is 9.35. The van der Waals surface area contributed by atoms with E-state index in [1.165, 1.54) is 60.6 Å². The van der Waals surface area contributed by atoms with Gasteiger partial charge in [-0.3, -0.25) is 39.2 Å². The van der Waals surface area contributed by atoms with Crippen molar-refractivity contribution in [3.8, 4) is 40.2 Å². The van der Waals surface area contributed by atoms with E-state index in [4.69, 9.17) is 181 Å². The Bertz CT molecular complexity index is 5630. The number of aryl methyl sites for hydroxylation is 1.